The molecule has 0 rings (SSSR count). The number of guanidine groups is 6. The summed E-state index contributed by atoms with van der Waals surface area (Å²) in [5, 5.41) is 20.9. The highest BCUT2D eigenvalue weighted by atomic mass is 16.2. The summed E-state index contributed by atoms with van der Waals surface area (Å²) in [4.78, 5) is 148. The number of rotatable bonds is 43. The van der Waals surface area contributed by atoms with Crippen LogP contribution in [-0.2, 0) is 43.2 Å². The Balaban J connectivity index is 7.20. The number of carbonyl (C=O) groups is 9. The monoisotopic (exact) mass is 1220 g/mol. The lowest BCUT2D eigenvalue weighted by Gasteiger charge is -2.28. The molecule has 0 heterocycles. The Labute approximate surface area is 500 Å². The van der Waals surface area contributed by atoms with Crippen LogP contribution in [-0.4, -0.2) is 183 Å². The van der Waals surface area contributed by atoms with E-state index in [1.165, 1.54) is 6.92 Å². The second-order valence-electron chi connectivity index (χ2n) is 20.7. The predicted octanol–water partition coefficient (Wildman–Crippen LogP) is -9.67. The maximum absolute atomic E-state index is 14.5. The molecular weight excluding hydrogens is 1120 g/mol. The Kier molecular flexibility index (Phi) is 37.3. The molecule has 0 aromatic heterocycles. The quantitative estimate of drug-likeness (QED) is 0.0153. The van der Waals surface area contributed by atoms with Crippen LogP contribution in [0.3, 0.4) is 0 Å². The summed E-state index contributed by atoms with van der Waals surface area (Å²) in [6.07, 6.45) is 0.307. The standard InChI is InChI=1S/C49H98N28O9/c1-24(2)33(50)43(86)76-31(16-10-22-68-48(60)61)41(84)74-30(15-9-21-67-47(58)59)40(83)73-29(14-8-20-66-46(56)57)39(82)72-27(12-6-18-64-44(52)53)37(80)70-26(5)36(79)71-28(13-7-19-65-45(54)55)38(81)75-32(17-11-23-69-49(62)63)42(85)77-34(25(3)4)35(51)78/h24-34H,6-23,50H2,1-5H3,(H2,51,78)(H,70,80)(H,71,79)(H,72,82)(H,73,83)(H,74,84)(H,75,81)(H,76,86)(H,77,85)(H4,52,53,64)(H4,54,55,65)(H4,56,57,66)(H4,58,59,67)(H4,60,61,68)(H4,62,63,69). The van der Waals surface area contributed by atoms with Crippen molar-refractivity contribution >= 4 is 88.9 Å². The van der Waals surface area contributed by atoms with Crippen molar-refractivity contribution in [2.75, 3.05) is 39.3 Å². The first-order valence-corrected chi connectivity index (χ1v) is 28.1. The molecule has 0 aromatic rings. The van der Waals surface area contributed by atoms with Gasteiger partial charge >= 0.3 is 0 Å². The van der Waals surface area contributed by atoms with Crippen molar-refractivity contribution in [3.63, 3.8) is 0 Å². The van der Waals surface area contributed by atoms with Gasteiger partial charge in [0.05, 0.1) is 6.04 Å². The van der Waals surface area contributed by atoms with Crippen LogP contribution in [0.2, 0.25) is 0 Å². The Hall–Kier alpha value is -9.19. The smallest absolute Gasteiger partial charge is 0.243 e. The van der Waals surface area contributed by atoms with E-state index in [4.69, 9.17) is 80.3 Å². The molecule has 0 fully saturated rings. The van der Waals surface area contributed by atoms with Crippen LogP contribution < -0.4 is 123 Å². The minimum Gasteiger partial charge on any atom is -0.370 e. The van der Waals surface area contributed by atoms with Gasteiger partial charge in [-0.05, 0) is 95.8 Å². The molecule has 37 nitrogen and oxygen atoms in total. The molecule has 9 atom stereocenters. The molecule has 9 unspecified atom stereocenters. The fourth-order valence-electron chi connectivity index (χ4n) is 7.79. The summed E-state index contributed by atoms with van der Waals surface area (Å²) in [6.45, 7) is 8.21. The molecule has 0 saturated carbocycles. The van der Waals surface area contributed by atoms with Gasteiger partial charge in [-0.15, -0.1) is 0 Å². The molecule has 37 heteroatoms. The van der Waals surface area contributed by atoms with E-state index >= 15 is 0 Å². The van der Waals surface area contributed by atoms with E-state index < -0.39 is 113 Å². The second-order valence-corrected chi connectivity index (χ2v) is 20.7. The van der Waals surface area contributed by atoms with Gasteiger partial charge in [0, 0.05) is 39.3 Å². The first kappa shape index (κ1) is 76.8. The summed E-state index contributed by atoms with van der Waals surface area (Å²) < 4.78 is 0. The van der Waals surface area contributed by atoms with Crippen molar-refractivity contribution in [2.45, 2.75) is 166 Å². The van der Waals surface area contributed by atoms with Crippen LogP contribution in [0.25, 0.3) is 0 Å². The van der Waals surface area contributed by atoms with Gasteiger partial charge in [-0.1, -0.05) is 27.7 Å². The lowest BCUT2D eigenvalue weighted by Crippen LogP contribution is -2.60. The summed E-state index contributed by atoms with van der Waals surface area (Å²) >= 11 is 0. The van der Waals surface area contributed by atoms with Gasteiger partial charge in [0.15, 0.2) is 35.8 Å². The molecule has 9 amide bonds. The van der Waals surface area contributed by atoms with Gasteiger partial charge in [-0.2, -0.15) is 0 Å². The lowest BCUT2D eigenvalue weighted by atomic mass is 10.0. The Morgan fingerprint density at radius 3 is 0.709 bits per heavy atom. The van der Waals surface area contributed by atoms with Crippen LogP contribution in [0.1, 0.15) is 112 Å². The van der Waals surface area contributed by atoms with Gasteiger partial charge in [-0.3, -0.25) is 73.1 Å². The highest BCUT2D eigenvalue weighted by molar-refractivity contribution is 5.98. The number of nitrogens with one attached hydrogen (secondary N) is 8. The molecule has 0 aliphatic rings. The summed E-state index contributed by atoms with van der Waals surface area (Å²) in [5.74, 6) is -9.64. The Morgan fingerprint density at radius 2 is 0.500 bits per heavy atom. The lowest BCUT2D eigenvalue weighted by molar-refractivity contribution is -0.136. The van der Waals surface area contributed by atoms with E-state index in [9.17, 15) is 43.2 Å². The molecule has 0 aromatic carbocycles. The van der Waals surface area contributed by atoms with Crippen molar-refractivity contribution in [3.8, 4) is 0 Å². The average Bonchev–Trinajstić information content (AvgIpc) is 3.24. The number of carbonyl (C=O) groups excluding carboxylic acids is 9. The van der Waals surface area contributed by atoms with Gasteiger partial charge in [0.1, 0.15) is 48.3 Å². The van der Waals surface area contributed by atoms with E-state index in [0.29, 0.717) is 0 Å². The third-order valence-corrected chi connectivity index (χ3v) is 12.5. The minimum absolute atomic E-state index is 0.00477. The fourth-order valence-corrected chi connectivity index (χ4v) is 7.79. The van der Waals surface area contributed by atoms with E-state index in [1.807, 2.05) is 0 Å². The number of aliphatic imine (C=N–C) groups is 6. The number of primary amides is 1. The third-order valence-electron chi connectivity index (χ3n) is 12.5. The van der Waals surface area contributed by atoms with E-state index in [1.54, 1.807) is 27.7 Å². The highest BCUT2D eigenvalue weighted by Gasteiger charge is 2.35. The largest absolute Gasteiger partial charge is 0.370 e. The molecular formula is C49H98N28O9. The van der Waals surface area contributed by atoms with Gasteiger partial charge in [0.2, 0.25) is 53.2 Å². The molecule has 36 N–H and O–H groups in total. The van der Waals surface area contributed by atoms with Crippen LogP contribution >= 0.6 is 0 Å². The Morgan fingerprint density at radius 1 is 0.291 bits per heavy atom. The zero-order valence-corrected chi connectivity index (χ0v) is 50.0. The molecule has 0 aliphatic carbocycles. The van der Waals surface area contributed by atoms with Crippen molar-refractivity contribution in [1.82, 2.24) is 42.5 Å². The van der Waals surface area contributed by atoms with Crippen LogP contribution in [0, 0.1) is 11.8 Å². The number of nitrogens with two attached hydrogens (primary N) is 14. The topological polar surface area (TPSA) is 688 Å². The second kappa shape index (κ2) is 41.7. The fraction of sp³-hybridized carbons (Fsp3) is 0.694. The molecule has 0 spiro atoms. The Bertz CT molecular complexity index is 2370. The van der Waals surface area contributed by atoms with Crippen molar-refractivity contribution in [1.29, 1.82) is 0 Å². The van der Waals surface area contributed by atoms with E-state index in [2.05, 4.69) is 72.5 Å². The van der Waals surface area contributed by atoms with Gasteiger partial charge in [-0.25, -0.2) is 0 Å². The first-order valence-electron chi connectivity index (χ1n) is 28.1. The van der Waals surface area contributed by atoms with Crippen LogP contribution in [0.4, 0.5) is 0 Å². The first-order chi connectivity index (χ1) is 40.3. The summed E-state index contributed by atoms with van der Waals surface area (Å²) in [5.41, 5.74) is 77.8. The van der Waals surface area contributed by atoms with Crippen molar-refractivity contribution in [2.24, 2.45) is 122 Å². The van der Waals surface area contributed by atoms with Gasteiger partial charge < -0.3 is 123 Å². The summed E-state index contributed by atoms with van der Waals surface area (Å²) in [7, 11) is 0. The maximum Gasteiger partial charge on any atom is 0.243 e. The van der Waals surface area contributed by atoms with Crippen molar-refractivity contribution < 1.29 is 43.2 Å². The molecule has 86 heavy (non-hydrogen) atoms. The van der Waals surface area contributed by atoms with E-state index in [0.717, 1.165) is 0 Å². The SMILES string of the molecule is CC(NC(=O)C(CCCN=C(N)N)NC(=O)C(CCCN=C(N)N)NC(=O)C(CCCN=C(N)N)NC(=O)C(CCCN=C(N)N)NC(=O)C(N)C(C)C)C(=O)NC(CCCN=C(N)N)C(=O)NC(CCCN=C(N)N)C(=O)NC(C(N)=O)C(C)C. The zero-order chi connectivity index (χ0) is 65.6. The molecule has 0 bridgehead atoms. The predicted molar refractivity (Wildman–Crippen MR) is 327 cm³/mol. The number of hydrogen-bond donors (Lipinski definition) is 22. The maximum atomic E-state index is 14.5. The molecule has 0 saturated heterocycles. The van der Waals surface area contributed by atoms with E-state index in [-0.39, 0.29) is 158 Å². The number of hydrogen-bond acceptors (Lipinski definition) is 16. The normalized spacial score (nSPS) is 14.0. The molecule has 0 aliphatic heterocycles. The number of nitrogens with zero attached hydrogens (tertiary/aromatic N) is 6. The highest BCUT2D eigenvalue weighted by Crippen LogP contribution is 2.11. The third kappa shape index (κ3) is 34.4. The minimum atomic E-state index is -1.45. The zero-order valence-electron chi connectivity index (χ0n) is 50.0. The van der Waals surface area contributed by atoms with Crippen LogP contribution in [0.15, 0.2) is 30.0 Å². The van der Waals surface area contributed by atoms with Crippen molar-refractivity contribution in [3.05, 3.63) is 0 Å². The molecule has 488 valence electrons. The molecule has 0 radical (unpaired) electrons. The van der Waals surface area contributed by atoms with Gasteiger partial charge in [0.25, 0.3) is 0 Å². The average molecular weight is 1220 g/mol. The summed E-state index contributed by atoms with van der Waals surface area (Å²) in [6, 6.07) is -11.8. The number of amides is 9. The van der Waals surface area contributed by atoms with Crippen LogP contribution in [0.5, 0.6) is 0 Å².